The molecule has 0 unspecified atom stereocenters. The quantitative estimate of drug-likeness (QED) is 0.607. The predicted octanol–water partition coefficient (Wildman–Crippen LogP) is 4.40. The summed E-state index contributed by atoms with van der Waals surface area (Å²) in [6.07, 6.45) is 0.0174. The van der Waals surface area contributed by atoms with E-state index >= 15 is 0 Å². The average Bonchev–Trinajstić information content (AvgIpc) is 2.74. The minimum Gasteiger partial charge on any atom is -0.449 e. The Balaban J connectivity index is 1.65. The number of aromatic nitrogens is 1. The van der Waals surface area contributed by atoms with Gasteiger partial charge in [0.1, 0.15) is 0 Å². The van der Waals surface area contributed by atoms with E-state index in [-0.39, 0.29) is 11.8 Å². The van der Waals surface area contributed by atoms with Crippen LogP contribution < -0.4 is 5.32 Å². The van der Waals surface area contributed by atoms with Gasteiger partial charge in [0.05, 0.1) is 11.1 Å². The summed E-state index contributed by atoms with van der Waals surface area (Å²) in [5.41, 5.74) is 3.05. The Bertz CT molecular complexity index is 1000. The molecule has 2 atom stereocenters. The summed E-state index contributed by atoms with van der Waals surface area (Å²) in [4.78, 5) is 29.6. The van der Waals surface area contributed by atoms with Crippen molar-refractivity contribution in [1.29, 1.82) is 0 Å². The number of carbonyl (C=O) groups is 2. The number of amides is 1. The van der Waals surface area contributed by atoms with Crippen molar-refractivity contribution in [3.8, 4) is 0 Å². The molecule has 0 bridgehead atoms. The van der Waals surface area contributed by atoms with E-state index in [9.17, 15) is 9.59 Å². The molecule has 2 aromatic carbocycles. The number of carbonyl (C=O) groups excluding carboxylic acids is 2. The van der Waals surface area contributed by atoms with Crippen molar-refractivity contribution in [3.05, 3.63) is 77.5 Å². The third kappa shape index (κ3) is 4.99. The molecule has 3 aromatic rings. The highest BCUT2D eigenvalue weighted by Gasteiger charge is 2.21. The number of fused-ring (bicyclic) bond motifs is 1. The monoisotopic (exact) mass is 390 g/mol. The Morgan fingerprint density at radius 2 is 1.76 bits per heavy atom. The van der Waals surface area contributed by atoms with Gasteiger partial charge >= 0.3 is 5.97 Å². The fourth-order valence-corrected chi connectivity index (χ4v) is 3.34. The molecule has 1 amide bonds. The number of para-hydroxylation sites is 1. The molecule has 29 heavy (non-hydrogen) atoms. The first-order valence-corrected chi connectivity index (χ1v) is 9.89. The molecule has 0 aliphatic rings. The summed E-state index contributed by atoms with van der Waals surface area (Å²) in [6, 6.07) is 19.2. The van der Waals surface area contributed by atoms with Gasteiger partial charge in [-0.3, -0.25) is 9.78 Å². The van der Waals surface area contributed by atoms with E-state index in [0.29, 0.717) is 17.5 Å². The van der Waals surface area contributed by atoms with Crippen LogP contribution in [0.5, 0.6) is 0 Å². The fraction of sp³-hybridized carbons (Fsp3) is 0.292. The highest BCUT2D eigenvalue weighted by Crippen LogP contribution is 2.20. The van der Waals surface area contributed by atoms with Gasteiger partial charge in [0.25, 0.3) is 5.91 Å². The maximum atomic E-state index is 12.7. The van der Waals surface area contributed by atoms with Crippen molar-refractivity contribution in [2.24, 2.45) is 0 Å². The van der Waals surface area contributed by atoms with Crippen LogP contribution in [-0.4, -0.2) is 29.5 Å². The van der Waals surface area contributed by atoms with Crippen LogP contribution in [0.1, 0.15) is 47.8 Å². The second-order valence-electron chi connectivity index (χ2n) is 7.14. The molecule has 0 fully saturated rings. The van der Waals surface area contributed by atoms with Gasteiger partial charge in [-0.05, 0) is 38.0 Å². The molecule has 1 heterocycles. The minimum absolute atomic E-state index is 0.217. The SMILES string of the molecule is CC[C@@H](CNC(=O)[C@@H](C)OC(=O)c1cc(C)nc2ccccc12)c1ccccc1. The lowest BCUT2D eigenvalue weighted by Gasteiger charge is -2.19. The number of benzene rings is 2. The molecule has 5 heteroatoms. The Labute approximate surface area is 171 Å². The molecule has 3 rings (SSSR count). The van der Waals surface area contributed by atoms with Gasteiger partial charge < -0.3 is 10.1 Å². The molecule has 0 saturated carbocycles. The largest absolute Gasteiger partial charge is 0.449 e. The van der Waals surface area contributed by atoms with Crippen LogP contribution in [0.2, 0.25) is 0 Å². The number of nitrogens with one attached hydrogen (secondary N) is 1. The highest BCUT2D eigenvalue weighted by atomic mass is 16.5. The normalized spacial score (nSPS) is 12.9. The molecule has 150 valence electrons. The molecular weight excluding hydrogens is 364 g/mol. The van der Waals surface area contributed by atoms with Crippen molar-refractivity contribution < 1.29 is 14.3 Å². The first kappa shape index (κ1) is 20.5. The zero-order valence-corrected chi connectivity index (χ0v) is 17.0. The molecule has 5 nitrogen and oxygen atoms in total. The van der Waals surface area contributed by atoms with Gasteiger partial charge in [0.15, 0.2) is 6.10 Å². The zero-order valence-electron chi connectivity index (χ0n) is 17.0. The van der Waals surface area contributed by atoms with E-state index in [2.05, 4.69) is 29.4 Å². The van der Waals surface area contributed by atoms with Gasteiger partial charge in [-0.1, -0.05) is 55.5 Å². The number of esters is 1. The first-order valence-electron chi connectivity index (χ1n) is 9.89. The molecule has 0 radical (unpaired) electrons. The summed E-state index contributed by atoms with van der Waals surface area (Å²) in [6.45, 7) is 6.00. The number of ether oxygens (including phenoxy) is 1. The Kier molecular flexibility index (Phi) is 6.60. The van der Waals surface area contributed by atoms with Crippen molar-refractivity contribution in [2.75, 3.05) is 6.54 Å². The van der Waals surface area contributed by atoms with E-state index in [4.69, 9.17) is 4.74 Å². The smallest absolute Gasteiger partial charge is 0.339 e. The van der Waals surface area contributed by atoms with Crippen LogP contribution in [0.4, 0.5) is 0 Å². The summed E-state index contributed by atoms with van der Waals surface area (Å²) >= 11 is 0. The fourth-order valence-electron chi connectivity index (χ4n) is 3.34. The summed E-state index contributed by atoms with van der Waals surface area (Å²) in [5, 5.41) is 3.62. The number of hydrogen-bond donors (Lipinski definition) is 1. The van der Waals surface area contributed by atoms with Gasteiger partial charge in [0.2, 0.25) is 0 Å². The van der Waals surface area contributed by atoms with E-state index in [1.54, 1.807) is 13.0 Å². The second-order valence-corrected chi connectivity index (χ2v) is 7.14. The van der Waals surface area contributed by atoms with Crippen LogP contribution in [0.25, 0.3) is 10.9 Å². The van der Waals surface area contributed by atoms with Crippen LogP contribution >= 0.6 is 0 Å². The van der Waals surface area contributed by atoms with Crippen molar-refractivity contribution >= 4 is 22.8 Å². The molecule has 0 saturated heterocycles. The maximum Gasteiger partial charge on any atom is 0.339 e. The van der Waals surface area contributed by atoms with Gasteiger partial charge in [-0.25, -0.2) is 4.79 Å². The topological polar surface area (TPSA) is 68.3 Å². The molecular formula is C24H26N2O3. The second kappa shape index (κ2) is 9.32. The third-order valence-corrected chi connectivity index (χ3v) is 5.00. The van der Waals surface area contributed by atoms with Gasteiger partial charge in [-0.2, -0.15) is 0 Å². The Hall–Kier alpha value is -3.21. The predicted molar refractivity (Wildman–Crippen MR) is 114 cm³/mol. The van der Waals surface area contributed by atoms with Crippen molar-refractivity contribution in [1.82, 2.24) is 10.3 Å². The molecule has 0 aliphatic heterocycles. The average molecular weight is 390 g/mol. The van der Waals surface area contributed by atoms with Crippen LogP contribution in [0, 0.1) is 6.92 Å². The summed E-state index contributed by atoms with van der Waals surface area (Å²) in [7, 11) is 0. The maximum absolute atomic E-state index is 12.7. The van der Waals surface area contributed by atoms with Crippen LogP contribution in [0.15, 0.2) is 60.7 Å². The third-order valence-electron chi connectivity index (χ3n) is 5.00. The lowest BCUT2D eigenvalue weighted by molar-refractivity contribution is -0.129. The van der Waals surface area contributed by atoms with Gasteiger partial charge in [-0.15, -0.1) is 0 Å². The van der Waals surface area contributed by atoms with E-state index in [1.165, 1.54) is 5.56 Å². The molecule has 0 spiro atoms. The summed E-state index contributed by atoms with van der Waals surface area (Å²) in [5.74, 6) is -0.609. The molecule has 1 N–H and O–H groups in total. The summed E-state index contributed by atoms with van der Waals surface area (Å²) < 4.78 is 5.45. The molecule has 1 aromatic heterocycles. The number of hydrogen-bond acceptors (Lipinski definition) is 4. The number of aryl methyl sites for hydroxylation is 1. The first-order chi connectivity index (χ1) is 14.0. The Morgan fingerprint density at radius 1 is 1.07 bits per heavy atom. The van der Waals surface area contributed by atoms with Gasteiger partial charge in [0, 0.05) is 23.5 Å². The van der Waals surface area contributed by atoms with Crippen LogP contribution in [-0.2, 0) is 9.53 Å². The Morgan fingerprint density at radius 3 is 2.48 bits per heavy atom. The zero-order chi connectivity index (χ0) is 20.8. The lowest BCUT2D eigenvalue weighted by Crippen LogP contribution is -2.38. The molecule has 0 aliphatic carbocycles. The van der Waals surface area contributed by atoms with Crippen LogP contribution in [0.3, 0.4) is 0 Å². The number of rotatable bonds is 7. The van der Waals surface area contributed by atoms with E-state index < -0.39 is 12.1 Å². The number of pyridine rings is 1. The number of nitrogens with zero attached hydrogens (tertiary/aromatic N) is 1. The van der Waals surface area contributed by atoms with E-state index in [0.717, 1.165) is 17.6 Å². The minimum atomic E-state index is -0.886. The van der Waals surface area contributed by atoms with Crippen molar-refractivity contribution in [2.45, 2.75) is 39.2 Å². The lowest BCUT2D eigenvalue weighted by atomic mass is 9.96. The van der Waals surface area contributed by atoms with Crippen molar-refractivity contribution in [3.63, 3.8) is 0 Å². The van der Waals surface area contributed by atoms with E-state index in [1.807, 2.05) is 49.4 Å². The highest BCUT2D eigenvalue weighted by molar-refractivity contribution is 6.04. The standard InChI is InChI=1S/C24H26N2O3/c1-4-18(19-10-6-5-7-11-19)15-25-23(27)17(3)29-24(28)21-14-16(2)26-22-13-9-8-12-20(21)22/h5-14,17-18H,4,15H2,1-3H3,(H,25,27)/t17-,18+/m1/s1.